The predicted octanol–water partition coefficient (Wildman–Crippen LogP) is 0.925. The number of carbonyl (C=O) groups is 2. The Kier molecular flexibility index (Phi) is 5.40. The molecule has 0 aromatic rings. The highest BCUT2D eigenvalue weighted by Gasteiger charge is 2.30. The Morgan fingerprint density at radius 3 is 2.50 bits per heavy atom. The van der Waals surface area contributed by atoms with Crippen LogP contribution in [0, 0.1) is 11.8 Å². The number of rotatable bonds is 4. The van der Waals surface area contributed by atoms with Crippen LogP contribution < -0.4 is 16.4 Å². The van der Waals surface area contributed by atoms with Crippen molar-refractivity contribution in [3.8, 4) is 0 Å². The zero-order chi connectivity index (χ0) is 14.5. The molecule has 0 aromatic heterocycles. The molecule has 2 fully saturated rings. The lowest BCUT2D eigenvalue weighted by atomic mass is 9.85. The fourth-order valence-corrected chi connectivity index (χ4v) is 3.39. The Bertz CT molecular complexity index is 351. The lowest BCUT2D eigenvalue weighted by molar-refractivity contribution is -0.125. The van der Waals surface area contributed by atoms with Crippen molar-refractivity contribution in [3.05, 3.63) is 0 Å². The van der Waals surface area contributed by atoms with Crippen molar-refractivity contribution >= 4 is 11.8 Å². The first-order valence-electron chi connectivity index (χ1n) is 7.93. The fourth-order valence-electron chi connectivity index (χ4n) is 3.39. The van der Waals surface area contributed by atoms with Crippen LogP contribution in [0.1, 0.15) is 51.9 Å². The van der Waals surface area contributed by atoms with Gasteiger partial charge in [-0.05, 0) is 51.0 Å². The Morgan fingerprint density at radius 2 is 1.90 bits per heavy atom. The first kappa shape index (κ1) is 15.3. The summed E-state index contributed by atoms with van der Waals surface area (Å²) in [5.41, 5.74) is 5.33. The molecule has 2 amide bonds. The summed E-state index contributed by atoms with van der Waals surface area (Å²) in [4.78, 5) is 23.4. The first-order chi connectivity index (χ1) is 9.60. The van der Waals surface area contributed by atoms with Gasteiger partial charge in [-0.2, -0.15) is 0 Å². The van der Waals surface area contributed by atoms with Gasteiger partial charge < -0.3 is 16.4 Å². The standard InChI is InChI=1S/C15H27N3O2/c1-2-10-7-8-17-13(9-10)15(20)18-12-5-3-11(4-6-12)14(16)19/h10-13,17H,2-9H2,1H3,(H2,16,19)(H,18,20). The molecule has 2 rings (SSSR count). The van der Waals surface area contributed by atoms with Gasteiger partial charge in [-0.3, -0.25) is 9.59 Å². The van der Waals surface area contributed by atoms with Gasteiger partial charge in [-0.1, -0.05) is 13.3 Å². The van der Waals surface area contributed by atoms with E-state index in [2.05, 4.69) is 17.6 Å². The summed E-state index contributed by atoms with van der Waals surface area (Å²) < 4.78 is 0. The number of amides is 2. The van der Waals surface area contributed by atoms with Crippen molar-refractivity contribution in [1.29, 1.82) is 0 Å². The number of nitrogens with two attached hydrogens (primary N) is 1. The van der Waals surface area contributed by atoms with Crippen molar-refractivity contribution in [2.24, 2.45) is 17.6 Å². The van der Waals surface area contributed by atoms with Gasteiger partial charge in [0.2, 0.25) is 11.8 Å². The van der Waals surface area contributed by atoms with Gasteiger partial charge in [-0.15, -0.1) is 0 Å². The maximum Gasteiger partial charge on any atom is 0.237 e. The fraction of sp³-hybridized carbons (Fsp3) is 0.867. The van der Waals surface area contributed by atoms with Crippen LogP contribution in [0.25, 0.3) is 0 Å². The molecule has 1 aliphatic heterocycles. The molecule has 5 nitrogen and oxygen atoms in total. The van der Waals surface area contributed by atoms with Crippen LogP contribution in [0.5, 0.6) is 0 Å². The molecule has 1 heterocycles. The van der Waals surface area contributed by atoms with E-state index >= 15 is 0 Å². The number of hydrogen-bond acceptors (Lipinski definition) is 3. The zero-order valence-electron chi connectivity index (χ0n) is 12.4. The van der Waals surface area contributed by atoms with Gasteiger partial charge in [-0.25, -0.2) is 0 Å². The van der Waals surface area contributed by atoms with Crippen LogP contribution in [0.15, 0.2) is 0 Å². The van der Waals surface area contributed by atoms with Crippen LogP contribution >= 0.6 is 0 Å². The summed E-state index contributed by atoms with van der Waals surface area (Å²) in [6.07, 6.45) is 6.59. The second kappa shape index (κ2) is 7.07. The highest BCUT2D eigenvalue weighted by atomic mass is 16.2. The van der Waals surface area contributed by atoms with Gasteiger partial charge in [0, 0.05) is 12.0 Å². The quantitative estimate of drug-likeness (QED) is 0.716. The highest BCUT2D eigenvalue weighted by Crippen LogP contribution is 2.24. The van der Waals surface area contributed by atoms with E-state index in [9.17, 15) is 9.59 Å². The van der Waals surface area contributed by atoms with Crippen LogP contribution in [0.2, 0.25) is 0 Å². The number of piperidine rings is 1. The molecule has 2 aliphatic rings. The summed E-state index contributed by atoms with van der Waals surface area (Å²) in [5, 5.41) is 6.45. The highest BCUT2D eigenvalue weighted by molar-refractivity contribution is 5.82. The van der Waals surface area contributed by atoms with E-state index in [0.29, 0.717) is 5.92 Å². The van der Waals surface area contributed by atoms with E-state index < -0.39 is 0 Å². The van der Waals surface area contributed by atoms with E-state index in [1.165, 1.54) is 6.42 Å². The van der Waals surface area contributed by atoms with Crippen LogP contribution in [-0.2, 0) is 9.59 Å². The average molecular weight is 281 g/mol. The number of primary amides is 1. The Balaban J connectivity index is 1.76. The molecule has 0 bridgehead atoms. The summed E-state index contributed by atoms with van der Waals surface area (Å²) in [6.45, 7) is 3.13. The molecule has 1 aliphatic carbocycles. The molecule has 2 unspecified atom stereocenters. The Labute approximate surface area is 121 Å². The summed E-state index contributed by atoms with van der Waals surface area (Å²) in [6, 6.07) is 0.171. The van der Waals surface area contributed by atoms with Gasteiger partial charge in [0.05, 0.1) is 6.04 Å². The minimum absolute atomic E-state index is 0.000398. The molecule has 2 atom stereocenters. The minimum atomic E-state index is -0.200. The van der Waals surface area contributed by atoms with E-state index in [-0.39, 0.29) is 29.8 Å². The molecule has 1 saturated heterocycles. The molecular formula is C15H27N3O2. The summed E-state index contributed by atoms with van der Waals surface area (Å²) in [5.74, 6) is 0.596. The van der Waals surface area contributed by atoms with Crippen molar-refractivity contribution in [2.75, 3.05) is 6.54 Å². The molecule has 0 radical (unpaired) electrons. The van der Waals surface area contributed by atoms with Crippen molar-refractivity contribution in [3.63, 3.8) is 0 Å². The third kappa shape index (κ3) is 3.95. The van der Waals surface area contributed by atoms with E-state index in [4.69, 9.17) is 5.73 Å². The van der Waals surface area contributed by atoms with Gasteiger partial charge in [0.15, 0.2) is 0 Å². The SMILES string of the molecule is CCC1CCNC(C(=O)NC2CCC(C(N)=O)CC2)C1. The molecule has 4 N–H and O–H groups in total. The molecule has 114 valence electrons. The van der Waals surface area contributed by atoms with Crippen LogP contribution in [0.4, 0.5) is 0 Å². The molecule has 5 heteroatoms. The molecule has 0 spiro atoms. The zero-order valence-corrected chi connectivity index (χ0v) is 12.4. The van der Waals surface area contributed by atoms with E-state index in [1.807, 2.05) is 0 Å². The van der Waals surface area contributed by atoms with E-state index in [1.54, 1.807) is 0 Å². The lowest BCUT2D eigenvalue weighted by Gasteiger charge is -2.32. The molecular weight excluding hydrogens is 254 g/mol. The van der Waals surface area contributed by atoms with Gasteiger partial charge >= 0.3 is 0 Å². The van der Waals surface area contributed by atoms with Gasteiger partial charge in [0.25, 0.3) is 0 Å². The lowest BCUT2D eigenvalue weighted by Crippen LogP contribution is -2.51. The monoisotopic (exact) mass is 281 g/mol. The largest absolute Gasteiger partial charge is 0.369 e. The van der Waals surface area contributed by atoms with E-state index in [0.717, 1.165) is 45.1 Å². The molecule has 1 saturated carbocycles. The average Bonchev–Trinajstić information content (AvgIpc) is 2.47. The molecule has 0 aromatic carbocycles. The van der Waals surface area contributed by atoms with Crippen molar-refractivity contribution in [1.82, 2.24) is 10.6 Å². The predicted molar refractivity (Wildman–Crippen MR) is 77.9 cm³/mol. The van der Waals surface area contributed by atoms with Gasteiger partial charge in [0.1, 0.15) is 0 Å². The first-order valence-corrected chi connectivity index (χ1v) is 7.93. The van der Waals surface area contributed by atoms with Crippen molar-refractivity contribution in [2.45, 2.75) is 64.0 Å². The second-order valence-corrected chi connectivity index (χ2v) is 6.26. The topological polar surface area (TPSA) is 84.2 Å². The minimum Gasteiger partial charge on any atom is -0.369 e. The Morgan fingerprint density at radius 1 is 1.20 bits per heavy atom. The maximum atomic E-state index is 12.3. The Hall–Kier alpha value is -1.10. The van der Waals surface area contributed by atoms with Crippen LogP contribution in [0.3, 0.4) is 0 Å². The number of nitrogens with one attached hydrogen (secondary N) is 2. The smallest absolute Gasteiger partial charge is 0.237 e. The second-order valence-electron chi connectivity index (χ2n) is 6.26. The van der Waals surface area contributed by atoms with Crippen LogP contribution in [-0.4, -0.2) is 30.4 Å². The normalized spacial score (nSPS) is 34.5. The maximum absolute atomic E-state index is 12.3. The number of hydrogen-bond donors (Lipinski definition) is 3. The van der Waals surface area contributed by atoms with Crippen molar-refractivity contribution < 1.29 is 9.59 Å². The number of carbonyl (C=O) groups excluding carboxylic acids is 2. The third-order valence-corrected chi connectivity index (χ3v) is 4.88. The summed E-state index contributed by atoms with van der Waals surface area (Å²) in [7, 11) is 0. The third-order valence-electron chi connectivity index (χ3n) is 4.88. The summed E-state index contributed by atoms with van der Waals surface area (Å²) >= 11 is 0. The molecule has 20 heavy (non-hydrogen) atoms.